The Morgan fingerprint density at radius 3 is 1.96 bits per heavy atom. The minimum Gasteiger partial charge on any atom is -0.508 e. The number of benzene rings is 2. The van der Waals surface area contributed by atoms with E-state index >= 15 is 0 Å². The van der Waals surface area contributed by atoms with E-state index in [1.165, 1.54) is 36.4 Å². The summed E-state index contributed by atoms with van der Waals surface area (Å²) >= 11 is 0. The molecule has 3 nitrogen and oxygen atoms in total. The summed E-state index contributed by atoms with van der Waals surface area (Å²) in [6.45, 7) is 0. The molecule has 0 spiro atoms. The molecular weight excluding hydrogens is 314 g/mol. The number of carbonyl (C=O) groups excluding carboxylic acids is 2. The quantitative estimate of drug-likeness (QED) is 0.646. The number of rotatable bonds is 6. The molecule has 1 N–H and O–H groups in total. The van der Waals surface area contributed by atoms with E-state index in [0.29, 0.717) is 11.1 Å². The Bertz CT molecular complexity index is 806. The first kappa shape index (κ1) is 17.3. The Hall–Kier alpha value is -3.08. The summed E-state index contributed by atoms with van der Waals surface area (Å²) in [7, 11) is 0. The van der Waals surface area contributed by atoms with Crippen LogP contribution >= 0.6 is 0 Å². The van der Waals surface area contributed by atoms with Crippen molar-refractivity contribution in [2.45, 2.75) is 6.42 Å². The SMILES string of the molecule is O=C(/C=C/c1ccc(O)cc1)CC(=O)/C=C/c1ccc(F)c(F)c1. The van der Waals surface area contributed by atoms with Gasteiger partial charge >= 0.3 is 0 Å². The van der Waals surface area contributed by atoms with Crippen LogP contribution in [0.5, 0.6) is 5.75 Å². The van der Waals surface area contributed by atoms with Crippen molar-refractivity contribution in [1.29, 1.82) is 0 Å². The molecule has 0 saturated carbocycles. The summed E-state index contributed by atoms with van der Waals surface area (Å²) in [5.74, 6) is -2.68. The van der Waals surface area contributed by atoms with Crippen molar-refractivity contribution in [2.75, 3.05) is 0 Å². The average Bonchev–Trinajstić information content (AvgIpc) is 2.55. The molecule has 0 unspecified atom stereocenters. The highest BCUT2D eigenvalue weighted by molar-refractivity contribution is 6.10. The molecule has 0 aliphatic rings. The van der Waals surface area contributed by atoms with Crippen LogP contribution in [0.4, 0.5) is 8.78 Å². The van der Waals surface area contributed by atoms with E-state index in [-0.39, 0.29) is 18.0 Å². The van der Waals surface area contributed by atoms with E-state index in [1.807, 2.05) is 0 Å². The predicted molar refractivity (Wildman–Crippen MR) is 87.2 cm³/mol. The third-order valence-corrected chi connectivity index (χ3v) is 3.11. The number of aromatic hydroxyl groups is 1. The molecule has 2 aromatic carbocycles. The van der Waals surface area contributed by atoms with Gasteiger partial charge in [-0.3, -0.25) is 9.59 Å². The van der Waals surface area contributed by atoms with Gasteiger partial charge in [0.1, 0.15) is 5.75 Å². The molecule has 0 atom stereocenters. The predicted octanol–water partition coefficient (Wildman–Crippen LogP) is 3.93. The Morgan fingerprint density at radius 2 is 1.38 bits per heavy atom. The van der Waals surface area contributed by atoms with Crippen molar-refractivity contribution >= 4 is 23.7 Å². The van der Waals surface area contributed by atoms with Crippen LogP contribution in [0.25, 0.3) is 12.2 Å². The van der Waals surface area contributed by atoms with Gasteiger partial charge < -0.3 is 5.11 Å². The van der Waals surface area contributed by atoms with Crippen molar-refractivity contribution in [3.8, 4) is 5.75 Å². The van der Waals surface area contributed by atoms with Gasteiger partial charge in [-0.05, 0) is 47.5 Å². The molecule has 122 valence electrons. The van der Waals surface area contributed by atoms with Gasteiger partial charge in [0, 0.05) is 0 Å². The molecule has 0 heterocycles. The van der Waals surface area contributed by atoms with Gasteiger partial charge in [-0.25, -0.2) is 8.78 Å². The topological polar surface area (TPSA) is 54.4 Å². The van der Waals surface area contributed by atoms with Crippen LogP contribution in [0.1, 0.15) is 17.5 Å². The maximum Gasteiger partial charge on any atom is 0.163 e. The maximum absolute atomic E-state index is 13.0. The standard InChI is InChI=1S/C19H14F2O3/c20-18-10-5-14(11-19(18)21)4-9-17(24)12-16(23)8-3-13-1-6-15(22)7-2-13/h1-11,22H,12H2/b8-3+,9-4+. The van der Waals surface area contributed by atoms with Gasteiger partial charge in [-0.15, -0.1) is 0 Å². The lowest BCUT2D eigenvalue weighted by molar-refractivity contribution is -0.121. The highest BCUT2D eigenvalue weighted by Gasteiger charge is 2.04. The molecule has 0 saturated heterocycles. The number of allylic oxidation sites excluding steroid dienone is 2. The second-order valence-corrected chi connectivity index (χ2v) is 5.04. The summed E-state index contributed by atoms with van der Waals surface area (Å²) in [5.41, 5.74) is 1.04. The molecule has 0 aromatic heterocycles. The fourth-order valence-electron chi connectivity index (χ4n) is 1.87. The monoisotopic (exact) mass is 328 g/mol. The van der Waals surface area contributed by atoms with E-state index in [2.05, 4.69) is 0 Å². The zero-order valence-electron chi connectivity index (χ0n) is 12.6. The lowest BCUT2D eigenvalue weighted by atomic mass is 10.1. The zero-order chi connectivity index (χ0) is 17.5. The fraction of sp³-hybridized carbons (Fsp3) is 0.0526. The number of phenolic OH excluding ortho intramolecular Hbond substituents is 1. The number of hydrogen-bond donors (Lipinski definition) is 1. The Labute approximate surface area is 137 Å². The number of phenols is 1. The van der Waals surface area contributed by atoms with Gasteiger partial charge in [0.15, 0.2) is 23.2 Å². The second kappa shape index (κ2) is 7.97. The van der Waals surface area contributed by atoms with Gasteiger partial charge in [0.05, 0.1) is 6.42 Å². The average molecular weight is 328 g/mol. The van der Waals surface area contributed by atoms with Crippen LogP contribution in [0.15, 0.2) is 54.6 Å². The largest absolute Gasteiger partial charge is 0.508 e. The molecule has 0 aliphatic heterocycles. The summed E-state index contributed by atoms with van der Waals surface area (Å²) in [4.78, 5) is 23.4. The van der Waals surface area contributed by atoms with Crippen molar-refractivity contribution in [1.82, 2.24) is 0 Å². The first-order valence-corrected chi connectivity index (χ1v) is 7.10. The Kier molecular flexibility index (Phi) is 5.73. The maximum atomic E-state index is 13.0. The highest BCUT2D eigenvalue weighted by Crippen LogP contribution is 2.12. The van der Waals surface area contributed by atoms with Crippen molar-refractivity contribution in [2.24, 2.45) is 0 Å². The lowest BCUT2D eigenvalue weighted by Gasteiger charge is -1.96. The zero-order valence-corrected chi connectivity index (χ0v) is 12.6. The third-order valence-electron chi connectivity index (χ3n) is 3.11. The molecule has 2 rings (SSSR count). The Morgan fingerprint density at radius 1 is 0.833 bits per heavy atom. The van der Waals surface area contributed by atoms with E-state index in [4.69, 9.17) is 5.11 Å². The molecule has 24 heavy (non-hydrogen) atoms. The van der Waals surface area contributed by atoms with Gasteiger partial charge in [0.25, 0.3) is 0 Å². The van der Waals surface area contributed by atoms with Crippen LogP contribution in [-0.2, 0) is 9.59 Å². The molecular formula is C19H14F2O3. The summed E-state index contributed by atoms with van der Waals surface area (Å²) in [6, 6.07) is 9.49. The van der Waals surface area contributed by atoms with E-state index in [9.17, 15) is 18.4 Å². The number of halogens is 2. The van der Waals surface area contributed by atoms with Crippen LogP contribution < -0.4 is 0 Å². The summed E-state index contributed by atoms with van der Waals surface area (Å²) in [5, 5.41) is 9.15. The van der Waals surface area contributed by atoms with Crippen LogP contribution in [0, 0.1) is 11.6 Å². The minimum absolute atomic E-state index is 0.121. The van der Waals surface area contributed by atoms with Crippen molar-refractivity contribution < 1.29 is 23.5 Å². The number of hydrogen-bond acceptors (Lipinski definition) is 3. The molecule has 0 amide bonds. The molecule has 5 heteroatoms. The lowest BCUT2D eigenvalue weighted by Crippen LogP contribution is -2.01. The van der Waals surface area contributed by atoms with Crippen molar-refractivity contribution in [3.05, 3.63) is 77.4 Å². The fourth-order valence-corrected chi connectivity index (χ4v) is 1.87. The summed E-state index contributed by atoms with van der Waals surface area (Å²) in [6.07, 6.45) is 4.96. The van der Waals surface area contributed by atoms with Crippen LogP contribution in [0.2, 0.25) is 0 Å². The summed E-state index contributed by atoms with van der Waals surface area (Å²) < 4.78 is 25.8. The normalized spacial score (nSPS) is 11.2. The smallest absolute Gasteiger partial charge is 0.163 e. The van der Waals surface area contributed by atoms with E-state index in [0.717, 1.165) is 18.2 Å². The first-order valence-electron chi connectivity index (χ1n) is 7.10. The van der Waals surface area contributed by atoms with Crippen molar-refractivity contribution in [3.63, 3.8) is 0 Å². The van der Waals surface area contributed by atoms with Crippen LogP contribution in [-0.4, -0.2) is 16.7 Å². The highest BCUT2D eigenvalue weighted by atomic mass is 19.2. The molecule has 0 aliphatic carbocycles. The third kappa shape index (κ3) is 5.28. The van der Waals surface area contributed by atoms with Gasteiger partial charge in [-0.2, -0.15) is 0 Å². The number of ketones is 2. The molecule has 0 fully saturated rings. The second-order valence-electron chi connectivity index (χ2n) is 5.04. The minimum atomic E-state index is -1.00. The Balaban J connectivity index is 1.91. The van der Waals surface area contributed by atoms with E-state index < -0.39 is 17.4 Å². The number of carbonyl (C=O) groups is 2. The molecule has 0 radical (unpaired) electrons. The van der Waals surface area contributed by atoms with Gasteiger partial charge in [-0.1, -0.05) is 30.4 Å². The first-order chi connectivity index (χ1) is 11.4. The van der Waals surface area contributed by atoms with E-state index in [1.54, 1.807) is 12.1 Å². The molecule has 2 aromatic rings. The van der Waals surface area contributed by atoms with Crippen LogP contribution in [0.3, 0.4) is 0 Å². The van der Waals surface area contributed by atoms with Gasteiger partial charge in [0.2, 0.25) is 0 Å². The molecule has 0 bridgehead atoms.